The fourth-order valence-electron chi connectivity index (χ4n) is 0.180. The summed E-state index contributed by atoms with van der Waals surface area (Å²) in [6, 6.07) is 0. The van der Waals surface area contributed by atoms with Crippen LogP contribution in [0.15, 0.2) is 12.3 Å². The van der Waals surface area contributed by atoms with Crippen molar-refractivity contribution in [3.63, 3.8) is 0 Å². The van der Waals surface area contributed by atoms with Gasteiger partial charge < -0.3 is 9.99 Å². The van der Waals surface area contributed by atoms with E-state index in [9.17, 15) is 0 Å². The molecule has 48 valence electrons. The molecule has 3 nitrogen and oxygen atoms in total. The van der Waals surface area contributed by atoms with Gasteiger partial charge in [-0.2, -0.15) is 4.89 Å². The Morgan fingerprint density at radius 1 is 1.62 bits per heavy atom. The second-order valence-electron chi connectivity index (χ2n) is 1.11. The Hall–Kier alpha value is -0.540. The third-order valence-electron chi connectivity index (χ3n) is 0.434. The highest BCUT2D eigenvalue weighted by molar-refractivity contribution is 4.62. The molecule has 0 atom stereocenters. The van der Waals surface area contributed by atoms with Crippen LogP contribution in [-0.2, 0) is 9.78 Å². The zero-order chi connectivity index (χ0) is 6.24. The molecule has 0 aliphatic carbocycles. The molecular weight excluding hydrogens is 108 g/mol. The van der Waals surface area contributed by atoms with E-state index >= 15 is 0 Å². The van der Waals surface area contributed by atoms with Crippen LogP contribution in [0, 0.1) is 0 Å². The lowest BCUT2D eigenvalue weighted by molar-refractivity contribution is -0.252. The van der Waals surface area contributed by atoms with Crippen LogP contribution in [0.3, 0.4) is 0 Å². The van der Waals surface area contributed by atoms with E-state index in [0.29, 0.717) is 0 Å². The maximum atomic E-state index is 8.14. The van der Waals surface area contributed by atoms with Gasteiger partial charge in [-0.3, -0.25) is 0 Å². The number of allylic oxidation sites excluding steroid dienone is 1. The minimum absolute atomic E-state index is 0.0163. The normalized spacial score (nSPS) is 10.2. The molecule has 0 aromatic heterocycles. The predicted octanol–water partition coefficient (Wildman–Crippen LogP) is 0.460. The van der Waals surface area contributed by atoms with E-state index in [1.54, 1.807) is 6.08 Å². The van der Waals surface area contributed by atoms with E-state index in [-0.39, 0.29) is 13.2 Å². The van der Waals surface area contributed by atoms with Gasteiger partial charge in [-0.15, -0.1) is 0 Å². The zero-order valence-corrected chi connectivity index (χ0v) is 4.83. The lowest BCUT2D eigenvalue weighted by Crippen LogP contribution is -1.95. The summed E-state index contributed by atoms with van der Waals surface area (Å²) in [4.78, 5) is 8.77. The molecule has 0 bridgehead atoms. The molecule has 0 rings (SSSR count). The van der Waals surface area contributed by atoms with E-state index < -0.39 is 0 Å². The van der Waals surface area contributed by atoms with Crippen LogP contribution in [0.25, 0.3) is 0 Å². The average molecular weight is 118 g/mol. The lowest BCUT2D eigenvalue weighted by Gasteiger charge is -1.94. The number of aliphatic hydroxyl groups excluding tert-OH is 1. The number of hydrogen-bond donors (Lipinski definition) is 1. The third-order valence-corrected chi connectivity index (χ3v) is 0.434. The molecular formula is C5H10O3. The molecule has 0 amide bonds. The van der Waals surface area contributed by atoms with E-state index in [2.05, 4.69) is 9.78 Å². The van der Waals surface area contributed by atoms with Gasteiger partial charge in [0, 0.05) is 0 Å². The minimum Gasteiger partial charge on any atom is -0.394 e. The summed E-state index contributed by atoms with van der Waals surface area (Å²) in [5.41, 5.74) is 0. The molecule has 1 N–H and O–H groups in total. The summed E-state index contributed by atoms with van der Waals surface area (Å²) in [5, 5.41) is 8.14. The first kappa shape index (κ1) is 7.46. The van der Waals surface area contributed by atoms with Gasteiger partial charge in [0.25, 0.3) is 0 Å². The molecule has 0 aliphatic heterocycles. The summed E-state index contributed by atoms with van der Waals surface area (Å²) >= 11 is 0. The molecule has 3 heteroatoms. The predicted molar refractivity (Wildman–Crippen MR) is 28.9 cm³/mol. The number of aliphatic hydroxyl groups is 1. The van der Waals surface area contributed by atoms with E-state index in [1.165, 1.54) is 6.26 Å². The Balaban J connectivity index is 2.72. The smallest absolute Gasteiger partial charge is 0.125 e. The molecule has 0 saturated carbocycles. The topological polar surface area (TPSA) is 38.7 Å². The molecule has 0 aromatic carbocycles. The second-order valence-corrected chi connectivity index (χ2v) is 1.11. The van der Waals surface area contributed by atoms with Crippen LogP contribution >= 0.6 is 0 Å². The largest absolute Gasteiger partial charge is 0.394 e. The summed E-state index contributed by atoms with van der Waals surface area (Å²) in [5.74, 6) is 0. The van der Waals surface area contributed by atoms with Crippen LogP contribution in [0.4, 0.5) is 0 Å². The summed E-state index contributed by atoms with van der Waals surface area (Å²) in [6.45, 7) is 2.00. The van der Waals surface area contributed by atoms with Gasteiger partial charge in [-0.05, 0) is 13.0 Å². The van der Waals surface area contributed by atoms with Gasteiger partial charge >= 0.3 is 0 Å². The fraction of sp³-hybridized carbons (Fsp3) is 0.600. The van der Waals surface area contributed by atoms with Gasteiger partial charge in [0.15, 0.2) is 0 Å². The van der Waals surface area contributed by atoms with Gasteiger partial charge in [-0.1, -0.05) is 0 Å². The van der Waals surface area contributed by atoms with Crippen molar-refractivity contribution < 1.29 is 14.9 Å². The van der Waals surface area contributed by atoms with E-state index in [1.807, 2.05) is 6.92 Å². The van der Waals surface area contributed by atoms with Crippen molar-refractivity contribution in [2.45, 2.75) is 6.92 Å². The molecule has 0 aliphatic rings. The average Bonchev–Trinajstić information content (AvgIpc) is 1.81. The quantitative estimate of drug-likeness (QED) is 0.252. The van der Waals surface area contributed by atoms with Crippen LogP contribution in [-0.4, -0.2) is 18.3 Å². The number of rotatable bonds is 4. The van der Waals surface area contributed by atoms with Crippen LogP contribution < -0.4 is 0 Å². The summed E-state index contributed by atoms with van der Waals surface area (Å²) in [7, 11) is 0. The molecule has 0 unspecified atom stereocenters. The van der Waals surface area contributed by atoms with Crippen molar-refractivity contribution in [3.05, 3.63) is 12.3 Å². The van der Waals surface area contributed by atoms with Crippen molar-refractivity contribution in [3.8, 4) is 0 Å². The maximum Gasteiger partial charge on any atom is 0.125 e. The highest BCUT2D eigenvalue weighted by atomic mass is 17.2. The first-order chi connectivity index (χ1) is 3.91. The van der Waals surface area contributed by atoms with Crippen LogP contribution in [0.2, 0.25) is 0 Å². The summed E-state index contributed by atoms with van der Waals surface area (Å²) in [6.07, 6.45) is 3.09. The highest BCUT2D eigenvalue weighted by Gasteiger charge is 1.77. The van der Waals surface area contributed by atoms with Crippen molar-refractivity contribution in [1.29, 1.82) is 0 Å². The monoisotopic (exact) mass is 118 g/mol. The Labute approximate surface area is 48.5 Å². The maximum absolute atomic E-state index is 8.14. The first-order valence-corrected chi connectivity index (χ1v) is 2.42. The van der Waals surface area contributed by atoms with Crippen molar-refractivity contribution in [2.75, 3.05) is 13.2 Å². The fourth-order valence-corrected chi connectivity index (χ4v) is 0.180. The highest BCUT2D eigenvalue weighted by Crippen LogP contribution is 1.77. The minimum atomic E-state index is -0.0163. The molecule has 0 saturated heterocycles. The van der Waals surface area contributed by atoms with Crippen molar-refractivity contribution in [2.24, 2.45) is 0 Å². The Bertz CT molecular complexity index is 60.7. The third kappa shape index (κ3) is 5.46. The zero-order valence-electron chi connectivity index (χ0n) is 4.83. The molecule has 0 heterocycles. The number of hydrogen-bond acceptors (Lipinski definition) is 3. The van der Waals surface area contributed by atoms with Gasteiger partial charge in [0.1, 0.15) is 12.9 Å². The molecule has 0 spiro atoms. The first-order valence-electron chi connectivity index (χ1n) is 2.42. The lowest BCUT2D eigenvalue weighted by atomic mass is 10.7. The van der Waals surface area contributed by atoms with Gasteiger partial charge in [0.2, 0.25) is 0 Å². The standard InChI is InChI=1S/C5H10O3/c1-2-4-7-8-5-3-6/h2,4,6H,3,5H2,1H3. The molecule has 0 radical (unpaired) electrons. The van der Waals surface area contributed by atoms with E-state index in [4.69, 9.17) is 5.11 Å². The Kier molecular flexibility index (Phi) is 6.02. The van der Waals surface area contributed by atoms with Gasteiger partial charge in [-0.25, -0.2) is 0 Å². The molecule has 8 heavy (non-hydrogen) atoms. The SMILES string of the molecule is CC=COOCCO. The summed E-state index contributed by atoms with van der Waals surface area (Å²) < 4.78 is 0. The van der Waals surface area contributed by atoms with E-state index in [0.717, 1.165) is 0 Å². The van der Waals surface area contributed by atoms with Gasteiger partial charge in [0.05, 0.1) is 6.61 Å². The van der Waals surface area contributed by atoms with Crippen molar-refractivity contribution >= 4 is 0 Å². The Morgan fingerprint density at radius 3 is 2.88 bits per heavy atom. The molecule has 0 aromatic rings. The van der Waals surface area contributed by atoms with Crippen LogP contribution in [0.1, 0.15) is 6.92 Å². The molecule has 0 fully saturated rings. The second kappa shape index (κ2) is 6.46. The van der Waals surface area contributed by atoms with Crippen LogP contribution in [0.5, 0.6) is 0 Å². The van der Waals surface area contributed by atoms with Crippen molar-refractivity contribution in [1.82, 2.24) is 0 Å². The Morgan fingerprint density at radius 2 is 2.38 bits per heavy atom.